The summed E-state index contributed by atoms with van der Waals surface area (Å²) in [6.07, 6.45) is 0.491. The zero-order chi connectivity index (χ0) is 13.0. The Labute approximate surface area is 114 Å². The topological polar surface area (TPSA) is 47.3 Å². The number of ether oxygens (including phenoxy) is 1. The van der Waals surface area contributed by atoms with Crippen LogP contribution in [-0.2, 0) is 4.74 Å². The molecule has 0 saturated heterocycles. The molecular weight excluding hydrogens is 310 g/mol. The number of hydrazine groups is 1. The Balaban J connectivity index is 3.16. The molecule has 0 saturated carbocycles. The van der Waals surface area contributed by atoms with Gasteiger partial charge in [-0.15, -0.1) is 0 Å². The van der Waals surface area contributed by atoms with Gasteiger partial charge in [-0.3, -0.25) is 11.3 Å². The van der Waals surface area contributed by atoms with Crippen LogP contribution in [0.15, 0.2) is 16.6 Å². The predicted molar refractivity (Wildman–Crippen MR) is 70.3 cm³/mol. The third-order valence-corrected chi connectivity index (χ3v) is 3.92. The van der Waals surface area contributed by atoms with Gasteiger partial charge in [-0.25, -0.2) is 4.39 Å². The molecular formula is C11H15BrClFN2O. The highest BCUT2D eigenvalue weighted by Gasteiger charge is 2.25. The lowest BCUT2D eigenvalue weighted by molar-refractivity contribution is 0.0639. The van der Waals surface area contributed by atoms with E-state index >= 15 is 0 Å². The van der Waals surface area contributed by atoms with Crippen molar-refractivity contribution in [1.82, 2.24) is 5.43 Å². The van der Waals surface area contributed by atoms with Crippen LogP contribution < -0.4 is 11.3 Å². The van der Waals surface area contributed by atoms with Crippen molar-refractivity contribution in [3.8, 4) is 0 Å². The van der Waals surface area contributed by atoms with Gasteiger partial charge in [0.25, 0.3) is 0 Å². The van der Waals surface area contributed by atoms with E-state index in [-0.39, 0.29) is 11.1 Å². The van der Waals surface area contributed by atoms with E-state index in [4.69, 9.17) is 22.2 Å². The van der Waals surface area contributed by atoms with Crippen molar-refractivity contribution in [3.05, 3.63) is 33.0 Å². The smallest absolute Gasteiger partial charge is 0.147 e. The Morgan fingerprint density at radius 2 is 2.24 bits per heavy atom. The van der Waals surface area contributed by atoms with Gasteiger partial charge in [0, 0.05) is 17.1 Å². The van der Waals surface area contributed by atoms with Crippen LogP contribution in [0, 0.1) is 5.82 Å². The number of rotatable bonds is 5. The maximum atomic E-state index is 14.0. The van der Waals surface area contributed by atoms with Crippen molar-refractivity contribution in [2.75, 3.05) is 7.11 Å². The highest BCUT2D eigenvalue weighted by molar-refractivity contribution is 9.10. The third kappa shape index (κ3) is 3.17. The summed E-state index contributed by atoms with van der Waals surface area (Å²) >= 11 is 9.01. The Hall–Kier alpha value is -0.200. The zero-order valence-corrected chi connectivity index (χ0v) is 12.0. The van der Waals surface area contributed by atoms with Crippen molar-refractivity contribution in [3.63, 3.8) is 0 Å². The maximum absolute atomic E-state index is 14.0. The SMILES string of the molecule is CCC(OC)C(NN)c1ccc(Br)c(Cl)c1F. The van der Waals surface area contributed by atoms with Gasteiger partial charge in [0.2, 0.25) is 0 Å². The van der Waals surface area contributed by atoms with Gasteiger partial charge in [-0.2, -0.15) is 0 Å². The summed E-state index contributed by atoms with van der Waals surface area (Å²) in [4.78, 5) is 0. The van der Waals surface area contributed by atoms with E-state index < -0.39 is 11.9 Å². The van der Waals surface area contributed by atoms with Crippen LogP contribution >= 0.6 is 27.5 Å². The molecule has 0 heterocycles. The van der Waals surface area contributed by atoms with E-state index in [0.29, 0.717) is 16.5 Å². The highest BCUT2D eigenvalue weighted by atomic mass is 79.9. The molecule has 3 N–H and O–H groups in total. The molecule has 0 aliphatic carbocycles. The monoisotopic (exact) mass is 324 g/mol. The summed E-state index contributed by atoms with van der Waals surface area (Å²) in [5.74, 6) is 4.98. The Kier molecular flexibility index (Phi) is 5.82. The number of benzene rings is 1. The molecule has 0 aliphatic heterocycles. The number of methoxy groups -OCH3 is 1. The largest absolute Gasteiger partial charge is 0.379 e. The first-order valence-corrected chi connectivity index (χ1v) is 6.36. The Morgan fingerprint density at radius 3 is 2.71 bits per heavy atom. The van der Waals surface area contributed by atoms with Crippen LogP contribution in [0.4, 0.5) is 4.39 Å². The molecule has 0 aromatic heterocycles. The molecule has 0 amide bonds. The molecule has 6 heteroatoms. The second-order valence-electron chi connectivity index (χ2n) is 3.59. The van der Waals surface area contributed by atoms with Gasteiger partial charge in [0.1, 0.15) is 5.82 Å². The van der Waals surface area contributed by atoms with Crippen molar-refractivity contribution in [2.45, 2.75) is 25.5 Å². The first-order valence-electron chi connectivity index (χ1n) is 5.19. The normalized spacial score (nSPS) is 14.7. The lowest BCUT2D eigenvalue weighted by Gasteiger charge is -2.25. The van der Waals surface area contributed by atoms with Gasteiger partial charge >= 0.3 is 0 Å². The van der Waals surface area contributed by atoms with Crippen LogP contribution in [0.25, 0.3) is 0 Å². The lowest BCUT2D eigenvalue weighted by Crippen LogP contribution is -2.37. The molecule has 96 valence electrons. The van der Waals surface area contributed by atoms with E-state index in [1.165, 1.54) is 0 Å². The number of hydrogen-bond acceptors (Lipinski definition) is 3. The van der Waals surface area contributed by atoms with E-state index in [1.54, 1.807) is 19.2 Å². The van der Waals surface area contributed by atoms with E-state index in [0.717, 1.165) is 0 Å². The first-order chi connectivity index (χ1) is 8.06. The number of nitrogens with two attached hydrogens (primary N) is 1. The van der Waals surface area contributed by atoms with Gasteiger partial charge in [-0.1, -0.05) is 24.6 Å². The fourth-order valence-corrected chi connectivity index (χ4v) is 2.20. The predicted octanol–water partition coefficient (Wildman–Crippen LogP) is 3.17. The third-order valence-electron chi connectivity index (χ3n) is 2.66. The standard InChI is InChI=1S/C11H15BrClFN2O/c1-3-8(17-2)11(16-15)6-4-5-7(12)9(13)10(6)14/h4-5,8,11,16H,3,15H2,1-2H3. The summed E-state index contributed by atoms with van der Waals surface area (Å²) in [5.41, 5.74) is 2.97. The molecule has 0 aliphatic rings. The minimum Gasteiger partial charge on any atom is -0.379 e. The van der Waals surface area contributed by atoms with Crippen LogP contribution in [0.5, 0.6) is 0 Å². The average molecular weight is 326 g/mol. The molecule has 1 aromatic carbocycles. The highest BCUT2D eigenvalue weighted by Crippen LogP contribution is 2.32. The van der Waals surface area contributed by atoms with E-state index in [9.17, 15) is 4.39 Å². The maximum Gasteiger partial charge on any atom is 0.147 e. The number of hydrogen-bond donors (Lipinski definition) is 2. The van der Waals surface area contributed by atoms with E-state index in [2.05, 4.69) is 21.4 Å². The first kappa shape index (κ1) is 14.9. The second-order valence-corrected chi connectivity index (χ2v) is 4.82. The lowest BCUT2D eigenvalue weighted by atomic mass is 9.99. The second kappa shape index (κ2) is 6.66. The van der Waals surface area contributed by atoms with Crippen LogP contribution in [0.2, 0.25) is 5.02 Å². The minimum atomic E-state index is -0.487. The molecule has 0 radical (unpaired) electrons. The molecule has 0 fully saturated rings. The summed E-state index contributed by atoms with van der Waals surface area (Å²) in [7, 11) is 1.57. The van der Waals surface area contributed by atoms with Gasteiger partial charge in [0.15, 0.2) is 0 Å². The minimum absolute atomic E-state index is 0.0497. The van der Waals surface area contributed by atoms with Gasteiger partial charge in [0.05, 0.1) is 17.2 Å². The number of nitrogens with one attached hydrogen (secondary N) is 1. The Morgan fingerprint density at radius 1 is 1.59 bits per heavy atom. The van der Waals surface area contributed by atoms with Crippen LogP contribution in [0.3, 0.4) is 0 Å². The zero-order valence-electron chi connectivity index (χ0n) is 9.64. The molecule has 2 unspecified atom stereocenters. The van der Waals surface area contributed by atoms with Crippen molar-refractivity contribution < 1.29 is 9.13 Å². The van der Waals surface area contributed by atoms with Crippen LogP contribution in [-0.4, -0.2) is 13.2 Å². The van der Waals surface area contributed by atoms with Crippen molar-refractivity contribution >= 4 is 27.5 Å². The molecule has 3 nitrogen and oxygen atoms in total. The van der Waals surface area contributed by atoms with Crippen molar-refractivity contribution in [2.24, 2.45) is 5.84 Å². The molecule has 0 spiro atoms. The summed E-state index contributed by atoms with van der Waals surface area (Å²) < 4.78 is 19.8. The van der Waals surface area contributed by atoms with Crippen LogP contribution in [0.1, 0.15) is 24.9 Å². The fourth-order valence-electron chi connectivity index (χ4n) is 1.72. The van der Waals surface area contributed by atoms with Crippen molar-refractivity contribution in [1.29, 1.82) is 0 Å². The van der Waals surface area contributed by atoms with Gasteiger partial charge < -0.3 is 4.74 Å². The van der Waals surface area contributed by atoms with E-state index in [1.807, 2.05) is 6.92 Å². The fraction of sp³-hybridized carbons (Fsp3) is 0.455. The average Bonchev–Trinajstić information content (AvgIpc) is 2.34. The molecule has 2 atom stereocenters. The quantitative estimate of drug-likeness (QED) is 0.496. The molecule has 1 rings (SSSR count). The summed E-state index contributed by atoms with van der Waals surface area (Å²) in [6, 6.07) is 2.89. The molecule has 0 bridgehead atoms. The Bertz CT molecular complexity index is 388. The van der Waals surface area contributed by atoms with Gasteiger partial charge in [-0.05, 0) is 28.4 Å². The summed E-state index contributed by atoms with van der Waals surface area (Å²) in [6.45, 7) is 1.94. The molecule has 1 aromatic rings. The molecule has 17 heavy (non-hydrogen) atoms. The summed E-state index contributed by atoms with van der Waals surface area (Å²) in [5, 5.41) is 0.0497. The number of halogens is 3.